The summed E-state index contributed by atoms with van der Waals surface area (Å²) in [4.78, 5) is 76.7. The van der Waals surface area contributed by atoms with E-state index in [9.17, 15) is 177 Å². The van der Waals surface area contributed by atoms with Crippen molar-refractivity contribution >= 4 is 35.5 Å². The molecule has 61 nitrogen and oxygen atoms in total. The van der Waals surface area contributed by atoms with Crippen molar-refractivity contribution in [2.75, 3.05) is 59.5 Å². The summed E-state index contributed by atoms with van der Waals surface area (Å²) in [6.45, 7) is -4.78. The van der Waals surface area contributed by atoms with Crippen molar-refractivity contribution in [1.82, 2.24) is 26.6 Å². The summed E-state index contributed by atoms with van der Waals surface area (Å²) in [7, 11) is 0. The first-order valence-electron chi connectivity index (χ1n) is 43.5. The van der Waals surface area contributed by atoms with E-state index in [1.807, 2.05) is 0 Å². The molecule has 11 heterocycles. The molecule has 55 atom stereocenters. The van der Waals surface area contributed by atoms with Crippen LogP contribution < -0.4 is 26.6 Å². The second-order valence-corrected chi connectivity index (χ2v) is 34.6. The molecular formula is C76H125N5O56. The molecule has 0 unspecified atom stereocenters. The molecule has 0 bridgehead atoms. The third-order valence-electron chi connectivity index (χ3n) is 24.9. The number of rotatable bonds is 35. The van der Waals surface area contributed by atoms with Gasteiger partial charge in [-0.25, -0.2) is 4.79 Å². The zero-order valence-electron chi connectivity index (χ0n) is 73.6. The molecule has 0 aromatic heterocycles. The molecule has 0 radical (unpaired) electrons. The lowest BCUT2D eigenvalue weighted by Crippen LogP contribution is -2.71. The minimum Gasteiger partial charge on any atom is -0.479 e. The van der Waals surface area contributed by atoms with Crippen molar-refractivity contribution in [3.8, 4) is 0 Å². The molecule has 11 saturated heterocycles. The molecule has 5 amide bonds. The first kappa shape index (κ1) is 112. The van der Waals surface area contributed by atoms with Crippen molar-refractivity contribution in [2.24, 2.45) is 0 Å². The maximum Gasteiger partial charge on any atom is 0.335 e. The summed E-state index contributed by atoms with van der Waals surface area (Å²) >= 11 is 0. The Bertz CT molecular complexity index is 3860. The normalized spacial score (nSPS) is 48.9. The van der Waals surface area contributed by atoms with Crippen LogP contribution in [-0.4, -0.2) is 581 Å². The van der Waals surface area contributed by atoms with E-state index >= 15 is 0 Å². The minimum atomic E-state index is -2.72. The average Bonchev–Trinajstić information content (AvgIpc) is 0.762. The number of nitrogens with one attached hydrogen (secondary N) is 5. The molecule has 11 fully saturated rings. The van der Waals surface area contributed by atoms with Crippen LogP contribution in [0.2, 0.25) is 0 Å². The van der Waals surface area contributed by atoms with Crippen molar-refractivity contribution in [2.45, 2.75) is 379 Å². The summed E-state index contributed by atoms with van der Waals surface area (Å²) < 4.78 is 125. The van der Waals surface area contributed by atoms with E-state index in [0.717, 1.165) is 34.6 Å². The molecule has 11 aliphatic heterocycles. The lowest BCUT2D eigenvalue weighted by Gasteiger charge is -2.52. The predicted octanol–water partition coefficient (Wildman–Crippen LogP) is -23.1. The van der Waals surface area contributed by atoms with E-state index in [1.54, 1.807) is 0 Å². The molecule has 0 spiro atoms. The standard InChI is InChI=1S/C76H125N5O56/c1-16-36(94)47(105)51(109)71(119-16)117-15-30-59(44(102)31(66(116)120-30)77-17(2)89)130-69-34(80-20(5)92)45(103)57(26(11-86)125-69)132-74-55(113)61(134-76-64(137-68-33(79-19(4)91)43(101)38(96)23(8-83)122-68)53(111)58(28(13-88)127-76)129-67-32(78-18(3)90)42(100)37(95)22(7-82)121-67)41(99)29(128-74)14-118-75-63(49(107)39(97)24(9-84)124-75)136-70-35(81-21(6)93)46(104)56(27(12-87)126-70)131-73-54(112)60(40(98)25(10-85)123-73)133-72-52(110)48(106)50(108)62(135-72)65(114)115/h16,22-64,66-76,82-88,94-113,116H,7-15H2,1-6H3,(H,77,89)(H,78,90)(H,79,91)(H,80,92)(H,81,93)(H,114,115)/t16-,22+,23+,24+,25+,26+,27+,28+,29+,30+,31+,32+,33+,34+,35+,36+,37+,38+,39+,40-,41+,42+,43+,44+,45+,46+,47+,48-,49-,50-,51-,52+,53-,54+,55-,56+,57+,58+,59+,60-,61-,62-,63-,64-,66+,67-,68-,69-,70-,71+,72+,73-,74-,75-,76+/m0/s1. The van der Waals surface area contributed by atoms with E-state index in [-0.39, 0.29) is 0 Å². The highest BCUT2D eigenvalue weighted by Gasteiger charge is 2.63. The monoisotopic (exact) mass is 2000 g/mol. The second kappa shape index (κ2) is 48.7. The van der Waals surface area contributed by atoms with Crippen LogP contribution in [0.3, 0.4) is 0 Å². The van der Waals surface area contributed by atoms with Crippen LogP contribution in [-0.2, 0) is 128 Å². The maximum absolute atomic E-state index is 13.4. The van der Waals surface area contributed by atoms with Crippen LogP contribution in [0.5, 0.6) is 0 Å². The fraction of sp³-hybridized carbons (Fsp3) is 0.921. The van der Waals surface area contributed by atoms with E-state index in [2.05, 4.69) is 26.6 Å². The number of aliphatic hydroxyl groups is 28. The van der Waals surface area contributed by atoms with Crippen molar-refractivity contribution < 1.29 is 276 Å². The smallest absolute Gasteiger partial charge is 0.335 e. The second-order valence-electron chi connectivity index (χ2n) is 34.6. The van der Waals surface area contributed by atoms with E-state index in [4.69, 9.17) is 99.5 Å². The number of carboxylic acid groups (broad SMARTS) is 1. The zero-order chi connectivity index (χ0) is 101. The van der Waals surface area contributed by atoms with E-state index in [1.165, 1.54) is 6.92 Å². The number of carboxylic acids is 1. The molecule has 11 rings (SSSR count). The number of aliphatic hydroxyl groups excluding tert-OH is 28. The number of hydrogen-bond donors (Lipinski definition) is 34. The van der Waals surface area contributed by atoms with Crippen LogP contribution >= 0.6 is 0 Å². The number of ether oxygens (including phenoxy) is 21. The molecular weight excluding hydrogens is 1880 g/mol. The summed E-state index contributed by atoms with van der Waals surface area (Å²) in [5.41, 5.74) is 0. The van der Waals surface area contributed by atoms with Gasteiger partial charge < -0.3 is 274 Å². The summed E-state index contributed by atoms with van der Waals surface area (Å²) in [6, 6.07) is -9.76. The third kappa shape index (κ3) is 25.0. The number of aliphatic carboxylic acids is 1. The fourth-order valence-electron chi connectivity index (χ4n) is 17.7. The Kier molecular flexibility index (Phi) is 39.9. The van der Waals surface area contributed by atoms with Gasteiger partial charge in [0.05, 0.1) is 65.6 Å². The van der Waals surface area contributed by atoms with Crippen molar-refractivity contribution in [1.29, 1.82) is 0 Å². The first-order chi connectivity index (χ1) is 64.7. The highest BCUT2D eigenvalue weighted by Crippen LogP contribution is 2.42. The zero-order valence-corrected chi connectivity index (χ0v) is 73.6. The molecule has 0 saturated carbocycles. The van der Waals surface area contributed by atoms with Gasteiger partial charge in [-0.1, -0.05) is 0 Å². The van der Waals surface area contributed by atoms with Gasteiger partial charge in [0.15, 0.2) is 75.3 Å². The Morgan fingerprint density at radius 3 is 0.942 bits per heavy atom. The van der Waals surface area contributed by atoms with Gasteiger partial charge in [0, 0.05) is 34.6 Å². The number of carbonyl (C=O) groups excluding carboxylic acids is 5. The summed E-state index contributed by atoms with van der Waals surface area (Å²) in [6.07, 6.45) is -109. The first-order valence-corrected chi connectivity index (χ1v) is 43.5. The van der Waals surface area contributed by atoms with Gasteiger partial charge in [0.25, 0.3) is 0 Å². The largest absolute Gasteiger partial charge is 0.479 e. The van der Waals surface area contributed by atoms with Crippen LogP contribution in [0.4, 0.5) is 0 Å². The van der Waals surface area contributed by atoms with Gasteiger partial charge in [0.2, 0.25) is 29.5 Å². The van der Waals surface area contributed by atoms with Crippen molar-refractivity contribution in [3.05, 3.63) is 0 Å². The van der Waals surface area contributed by atoms with Crippen molar-refractivity contribution in [3.63, 3.8) is 0 Å². The summed E-state index contributed by atoms with van der Waals surface area (Å²) in [5, 5.41) is 339. The van der Waals surface area contributed by atoms with Gasteiger partial charge >= 0.3 is 5.97 Å². The molecule has 137 heavy (non-hydrogen) atoms. The van der Waals surface area contributed by atoms with E-state index < -0.39 is 432 Å². The topological polar surface area (TPSA) is 943 Å². The van der Waals surface area contributed by atoms with Crippen LogP contribution in [0.25, 0.3) is 0 Å². The Morgan fingerprint density at radius 2 is 0.511 bits per heavy atom. The van der Waals surface area contributed by atoms with Gasteiger partial charge in [-0.05, 0) is 6.92 Å². The quantitative estimate of drug-likeness (QED) is 0.0280. The van der Waals surface area contributed by atoms with Crippen LogP contribution in [0.15, 0.2) is 0 Å². The highest BCUT2D eigenvalue weighted by molar-refractivity contribution is 5.75. The highest BCUT2D eigenvalue weighted by atomic mass is 16.8. The van der Waals surface area contributed by atoms with Gasteiger partial charge in [-0.15, -0.1) is 0 Å². The predicted molar refractivity (Wildman–Crippen MR) is 419 cm³/mol. The molecule has 0 aliphatic carbocycles. The minimum absolute atomic E-state index is 0.871. The third-order valence-corrected chi connectivity index (χ3v) is 24.9. The Balaban J connectivity index is 0.943. The molecule has 0 aromatic rings. The molecule has 790 valence electrons. The fourth-order valence-corrected chi connectivity index (χ4v) is 17.7. The number of hydrogen-bond acceptors (Lipinski definition) is 55. The van der Waals surface area contributed by atoms with Gasteiger partial charge in [-0.2, -0.15) is 0 Å². The lowest BCUT2D eigenvalue weighted by molar-refractivity contribution is -0.403. The lowest BCUT2D eigenvalue weighted by atomic mass is 9.93. The molecule has 34 N–H and O–H groups in total. The van der Waals surface area contributed by atoms with Gasteiger partial charge in [-0.3, -0.25) is 24.0 Å². The Hall–Kier alpha value is -5.14. The average molecular weight is 2000 g/mol. The number of carbonyl (C=O) groups is 6. The SMILES string of the molecule is CC(=O)N[C@@H]1[C@@H](O)[C@H](O[C@@H]2O[C@H](CO)[C@@H](O[C@@H]3O[C@H](CO[C@H]4O[C@H](CO)[C@@H](O)[C@H](O)[C@@H]4O[C@@H]4O[C@H](CO)[C@@H](O[C@@H]5O[C@H](CO)[C@H](O)[C@H](O[C@@H]6O[C@H](C(=O)O)[C@@H](O)[C@H](O)[C@H]6O)[C@H]5O)[C@H](O)[C@H]4NC(C)=O)[C@@H](O)[C@H](O[C@H]4O[C@H](CO)[C@@H](O[C@@H]5O[C@H](CO)[C@@H](O)[C@H](O)[C@H]5NC(C)=O)[C@H](O)[C@@H]4O[C@@H]4O[C@H](CO)[C@@H](O)[C@H](O)[C@H]4NC(C)=O)[C@@H]3O)[C@H](O)[C@H]2NC(C)=O)[C@@H](CO[C@@H]2O[C@@H](C)[C@@H](O)[C@@H](O)[C@@H]2O)O[C@H]1O. The van der Waals surface area contributed by atoms with Crippen LogP contribution in [0, 0.1) is 0 Å². The van der Waals surface area contributed by atoms with Crippen LogP contribution in [0.1, 0.15) is 41.5 Å². The summed E-state index contributed by atoms with van der Waals surface area (Å²) in [5.74, 6) is -6.70. The molecule has 0 aromatic carbocycles. The maximum atomic E-state index is 13.4. The number of amides is 5. The van der Waals surface area contributed by atoms with E-state index in [0.29, 0.717) is 0 Å². The molecule has 61 heteroatoms. The molecule has 11 aliphatic rings. The Labute approximate surface area is 774 Å². The Morgan fingerprint density at radius 1 is 0.226 bits per heavy atom. The van der Waals surface area contributed by atoms with Gasteiger partial charge in [0.1, 0.15) is 256 Å².